The fraction of sp³-hybridized carbons (Fsp3) is 0.129. The van der Waals surface area contributed by atoms with Gasteiger partial charge < -0.3 is 15.5 Å². The van der Waals surface area contributed by atoms with E-state index in [4.69, 9.17) is 10.1 Å². The highest BCUT2D eigenvalue weighted by Gasteiger charge is 2.21. The summed E-state index contributed by atoms with van der Waals surface area (Å²) in [4.78, 5) is 52.3. The molecule has 0 saturated heterocycles. The lowest BCUT2D eigenvalue weighted by Crippen LogP contribution is -2.42. The molecule has 0 atom stereocenters. The topological polar surface area (TPSA) is 145 Å². The first-order valence-corrected chi connectivity index (χ1v) is 13.3. The number of ether oxygens (including phenoxy) is 1. The van der Waals surface area contributed by atoms with Gasteiger partial charge in [-0.2, -0.15) is 0 Å². The van der Waals surface area contributed by atoms with Gasteiger partial charge in [0.05, 0.1) is 11.4 Å². The number of carbonyl (C=O) groups excluding carboxylic acids is 1. The molecule has 0 spiro atoms. The Hall–Kier alpha value is -5.85. The second kappa shape index (κ2) is 12.6. The Kier molecular flexibility index (Phi) is 8.47. The minimum absolute atomic E-state index is 0.0131. The molecule has 3 aromatic heterocycles. The first-order chi connectivity index (χ1) is 21.2. The van der Waals surface area contributed by atoms with Crippen molar-refractivity contribution in [2.45, 2.75) is 26.3 Å². The fourth-order valence-corrected chi connectivity index (χ4v) is 4.28. The quantitative estimate of drug-likeness (QED) is 0.229. The molecule has 0 fully saturated rings. The largest absolute Gasteiger partial charge is 0.452 e. The number of hydrogen-bond acceptors (Lipinski definition) is 8. The average molecular weight is 598 g/mol. The zero-order chi connectivity index (χ0) is 31.4. The van der Waals surface area contributed by atoms with Gasteiger partial charge in [0, 0.05) is 60.8 Å². The molecule has 0 aliphatic rings. The maximum atomic E-state index is 15.2. The van der Waals surface area contributed by atoms with E-state index in [2.05, 4.69) is 20.3 Å². The predicted molar refractivity (Wildman–Crippen MR) is 159 cm³/mol. The molecule has 0 radical (unpaired) electrons. The van der Waals surface area contributed by atoms with Gasteiger partial charge in [0.1, 0.15) is 17.1 Å². The highest BCUT2D eigenvalue weighted by molar-refractivity contribution is 6.03. The van der Waals surface area contributed by atoms with Crippen LogP contribution in [0.3, 0.4) is 0 Å². The molecular weight excluding hydrogens is 572 g/mol. The molecular formula is C31H25F2N7O4. The van der Waals surface area contributed by atoms with Crippen LogP contribution in [0.4, 0.5) is 14.5 Å². The number of nitrogens with zero attached hydrogens (tertiary/aromatic N) is 5. The average Bonchev–Trinajstić information content (AvgIpc) is 3.00. The number of nitrogens with one attached hydrogen (secondary N) is 2. The Balaban J connectivity index is 1.44. The molecule has 13 heteroatoms. The van der Waals surface area contributed by atoms with Gasteiger partial charge in [0.25, 0.3) is 11.5 Å². The van der Waals surface area contributed by atoms with Gasteiger partial charge in [0.15, 0.2) is 17.4 Å². The number of benzene rings is 2. The molecule has 0 unspecified atom stereocenters. The highest BCUT2D eigenvalue weighted by Crippen LogP contribution is 2.31. The number of aromatic nitrogens is 5. The van der Waals surface area contributed by atoms with Crippen LogP contribution in [0.5, 0.6) is 11.5 Å². The second-order valence-electron chi connectivity index (χ2n) is 9.79. The number of rotatable bonds is 9. The minimum Gasteiger partial charge on any atom is -0.452 e. The Labute approximate surface area is 249 Å². The van der Waals surface area contributed by atoms with E-state index in [1.165, 1.54) is 35.0 Å². The van der Waals surface area contributed by atoms with Crippen LogP contribution in [-0.2, 0) is 6.42 Å². The molecule has 1 amide bonds. The predicted octanol–water partition coefficient (Wildman–Crippen LogP) is 4.95. The first kappa shape index (κ1) is 29.6. The summed E-state index contributed by atoms with van der Waals surface area (Å²) in [6.07, 6.45) is 7.07. The molecule has 2 N–H and O–H groups in total. The lowest BCUT2D eigenvalue weighted by molar-refractivity contribution is 0.102. The normalized spacial score (nSPS) is 10.9. The Morgan fingerprint density at radius 2 is 1.75 bits per heavy atom. The minimum atomic E-state index is -0.926. The van der Waals surface area contributed by atoms with E-state index < -0.39 is 34.8 Å². The van der Waals surface area contributed by atoms with E-state index in [-0.39, 0.29) is 34.9 Å². The van der Waals surface area contributed by atoms with Gasteiger partial charge in [-0.05, 0) is 62.4 Å². The summed E-state index contributed by atoms with van der Waals surface area (Å²) in [5.41, 5.74) is -1.02. The van der Waals surface area contributed by atoms with E-state index >= 15 is 4.39 Å². The summed E-state index contributed by atoms with van der Waals surface area (Å²) in [5, 5.41) is 9.94. The molecule has 0 saturated carbocycles. The van der Waals surface area contributed by atoms with Crippen LogP contribution in [-0.4, -0.2) is 36.2 Å². The maximum absolute atomic E-state index is 15.2. The van der Waals surface area contributed by atoms with Crippen LogP contribution < -0.4 is 21.3 Å². The standard InChI is InChI=1S/C31H25F2N7O4/c1-18(2)39-17-23(30(42)40(31(39)43)22-7-4-20(32)5-8-22)29(41)38-21-6-9-26(24(33)15-21)44-27-14-19(16-37-25(27)10-11-34)28-35-12-3-13-36-28/h3-9,11-18,34H,10H2,1-2H3,(H,38,41). The van der Waals surface area contributed by atoms with Gasteiger partial charge in [-0.25, -0.2) is 28.1 Å². The van der Waals surface area contributed by atoms with Crippen LogP contribution in [0, 0.1) is 17.0 Å². The van der Waals surface area contributed by atoms with Crippen molar-refractivity contribution in [3.8, 4) is 28.6 Å². The van der Waals surface area contributed by atoms with Crippen molar-refractivity contribution in [2.75, 3.05) is 5.32 Å². The van der Waals surface area contributed by atoms with Gasteiger partial charge in [-0.15, -0.1) is 0 Å². The van der Waals surface area contributed by atoms with Crippen LogP contribution >= 0.6 is 0 Å². The molecule has 0 aliphatic carbocycles. The van der Waals surface area contributed by atoms with Crippen LogP contribution in [0.1, 0.15) is 35.9 Å². The van der Waals surface area contributed by atoms with Crippen molar-refractivity contribution in [3.05, 3.63) is 123 Å². The summed E-state index contributed by atoms with van der Waals surface area (Å²) in [7, 11) is 0. The van der Waals surface area contributed by atoms with Crippen molar-refractivity contribution in [2.24, 2.45) is 0 Å². The number of anilines is 1. The third-order valence-corrected chi connectivity index (χ3v) is 6.46. The van der Waals surface area contributed by atoms with E-state index in [1.54, 1.807) is 38.4 Å². The van der Waals surface area contributed by atoms with E-state index in [0.717, 1.165) is 35.2 Å². The first-order valence-electron chi connectivity index (χ1n) is 13.3. The van der Waals surface area contributed by atoms with Crippen LogP contribution in [0.25, 0.3) is 17.1 Å². The lowest BCUT2D eigenvalue weighted by Gasteiger charge is -2.16. The van der Waals surface area contributed by atoms with Crippen molar-refractivity contribution in [3.63, 3.8) is 0 Å². The monoisotopic (exact) mass is 597 g/mol. The van der Waals surface area contributed by atoms with Crippen molar-refractivity contribution < 1.29 is 18.3 Å². The zero-order valence-corrected chi connectivity index (χ0v) is 23.5. The second-order valence-corrected chi connectivity index (χ2v) is 9.79. The van der Waals surface area contributed by atoms with Gasteiger partial charge in [-0.1, -0.05) is 0 Å². The molecule has 0 aliphatic heterocycles. The fourth-order valence-electron chi connectivity index (χ4n) is 4.28. The van der Waals surface area contributed by atoms with Gasteiger partial charge >= 0.3 is 5.69 Å². The molecule has 3 heterocycles. The van der Waals surface area contributed by atoms with Gasteiger partial charge in [-0.3, -0.25) is 19.1 Å². The molecule has 0 bridgehead atoms. The number of carbonyl (C=O) groups is 1. The van der Waals surface area contributed by atoms with Crippen LogP contribution in [0.2, 0.25) is 0 Å². The Morgan fingerprint density at radius 1 is 1.02 bits per heavy atom. The van der Waals surface area contributed by atoms with E-state index in [1.807, 2.05) is 0 Å². The third-order valence-electron chi connectivity index (χ3n) is 6.46. The van der Waals surface area contributed by atoms with Crippen molar-refractivity contribution >= 4 is 17.8 Å². The zero-order valence-electron chi connectivity index (χ0n) is 23.5. The van der Waals surface area contributed by atoms with Crippen molar-refractivity contribution in [1.29, 1.82) is 5.41 Å². The number of amides is 1. The van der Waals surface area contributed by atoms with Crippen LogP contribution in [0.15, 0.2) is 89.0 Å². The van der Waals surface area contributed by atoms with E-state index in [0.29, 0.717) is 17.1 Å². The summed E-state index contributed by atoms with van der Waals surface area (Å²) in [6, 6.07) is 11.2. The SMILES string of the molecule is CC(C)n1cc(C(=O)Nc2ccc(Oc3cc(-c4ncccn4)cnc3CC=N)c(F)c2)c(=O)n(-c2ccc(F)cc2)c1=O. The number of hydrogen-bond donors (Lipinski definition) is 2. The number of pyridine rings is 1. The van der Waals surface area contributed by atoms with Gasteiger partial charge in [0.2, 0.25) is 0 Å². The molecule has 5 aromatic rings. The Bertz CT molecular complexity index is 1970. The van der Waals surface area contributed by atoms with E-state index in [9.17, 15) is 18.8 Å². The summed E-state index contributed by atoms with van der Waals surface area (Å²) in [5.74, 6) is -1.90. The highest BCUT2D eigenvalue weighted by atomic mass is 19.1. The molecule has 11 nitrogen and oxygen atoms in total. The number of halogens is 2. The third kappa shape index (κ3) is 6.16. The molecule has 2 aromatic carbocycles. The summed E-state index contributed by atoms with van der Waals surface area (Å²) in [6.45, 7) is 3.39. The smallest absolute Gasteiger partial charge is 0.335 e. The molecule has 5 rings (SSSR count). The Morgan fingerprint density at radius 3 is 2.41 bits per heavy atom. The lowest BCUT2D eigenvalue weighted by atomic mass is 10.2. The van der Waals surface area contributed by atoms with Crippen molar-refractivity contribution in [1.82, 2.24) is 24.1 Å². The molecule has 222 valence electrons. The summed E-state index contributed by atoms with van der Waals surface area (Å²) < 4.78 is 36.5. The molecule has 44 heavy (non-hydrogen) atoms. The maximum Gasteiger partial charge on any atom is 0.335 e. The summed E-state index contributed by atoms with van der Waals surface area (Å²) >= 11 is 0.